The number of phenolic OH excluding ortho intramolecular Hbond substituents is 1. The third kappa shape index (κ3) is 1.03. The summed E-state index contributed by atoms with van der Waals surface area (Å²) in [5.41, 5.74) is 3.54. The fourth-order valence-corrected chi connectivity index (χ4v) is 7.52. The van der Waals surface area contributed by atoms with Crippen molar-refractivity contribution >= 4 is 5.69 Å². The lowest BCUT2D eigenvalue weighted by Crippen LogP contribution is -2.72. The van der Waals surface area contributed by atoms with Gasteiger partial charge in [0.25, 0.3) is 0 Å². The number of nitrogens with one attached hydrogen (secondary N) is 1. The van der Waals surface area contributed by atoms with Gasteiger partial charge in [0.2, 0.25) is 0 Å². The highest BCUT2D eigenvalue weighted by Gasteiger charge is 2.75. The van der Waals surface area contributed by atoms with Gasteiger partial charge in [-0.25, -0.2) is 0 Å². The van der Waals surface area contributed by atoms with Gasteiger partial charge in [-0.2, -0.15) is 0 Å². The molecule has 3 heterocycles. The molecule has 1 aromatic carbocycles. The zero-order valence-electron chi connectivity index (χ0n) is 13.1. The van der Waals surface area contributed by atoms with Crippen molar-refractivity contribution in [3.05, 3.63) is 23.8 Å². The predicted octanol–water partition coefficient (Wildman–Crippen LogP) is 3.24. The first-order chi connectivity index (χ1) is 10.7. The van der Waals surface area contributed by atoms with E-state index in [4.69, 9.17) is 0 Å². The molecular weight excluding hydrogens is 272 g/mol. The Kier molecular flexibility index (Phi) is 1.93. The van der Waals surface area contributed by atoms with E-state index >= 15 is 0 Å². The van der Waals surface area contributed by atoms with E-state index in [1.165, 1.54) is 63.6 Å². The van der Waals surface area contributed by atoms with Gasteiger partial charge in [0.05, 0.1) is 5.69 Å². The van der Waals surface area contributed by atoms with Gasteiger partial charge in [-0.3, -0.25) is 4.90 Å². The molecule has 5 fully saturated rings. The van der Waals surface area contributed by atoms with Crippen molar-refractivity contribution in [3.63, 3.8) is 0 Å². The van der Waals surface area contributed by atoms with Crippen LogP contribution in [-0.4, -0.2) is 34.7 Å². The molecule has 7 rings (SSSR count). The predicted molar refractivity (Wildman–Crippen MR) is 86.3 cm³/mol. The van der Waals surface area contributed by atoms with Crippen molar-refractivity contribution in [1.82, 2.24) is 4.90 Å². The van der Waals surface area contributed by atoms with Gasteiger partial charge in [-0.15, -0.1) is 0 Å². The molecule has 116 valence electrons. The minimum absolute atomic E-state index is 0.215. The highest BCUT2D eigenvalue weighted by Crippen LogP contribution is 2.73. The molecule has 1 aromatic rings. The Bertz CT molecular complexity index is 676. The number of hydrogen-bond acceptors (Lipinski definition) is 3. The average molecular weight is 296 g/mol. The van der Waals surface area contributed by atoms with Crippen molar-refractivity contribution in [2.75, 3.05) is 18.4 Å². The van der Waals surface area contributed by atoms with Crippen molar-refractivity contribution in [1.29, 1.82) is 0 Å². The Hall–Kier alpha value is -1.22. The number of hydrogen-bond donors (Lipinski definition) is 2. The summed E-state index contributed by atoms with van der Waals surface area (Å²) < 4.78 is 0. The maximum atomic E-state index is 10.4. The van der Waals surface area contributed by atoms with E-state index in [0.29, 0.717) is 17.2 Å². The first kappa shape index (κ1) is 12.2. The van der Waals surface area contributed by atoms with E-state index < -0.39 is 0 Å². The topological polar surface area (TPSA) is 35.5 Å². The van der Waals surface area contributed by atoms with E-state index in [1.807, 2.05) is 6.07 Å². The molecular formula is C19H24N2O. The van der Waals surface area contributed by atoms with Gasteiger partial charge in [0.1, 0.15) is 5.75 Å². The zero-order chi connectivity index (χ0) is 14.6. The molecule has 2 bridgehead atoms. The van der Waals surface area contributed by atoms with Crippen molar-refractivity contribution in [2.24, 2.45) is 5.41 Å². The Morgan fingerprint density at radius 2 is 1.91 bits per heavy atom. The molecule has 6 aliphatic rings. The van der Waals surface area contributed by atoms with Crippen molar-refractivity contribution in [2.45, 2.75) is 61.9 Å². The van der Waals surface area contributed by atoms with Crippen LogP contribution in [-0.2, 0) is 5.41 Å². The Morgan fingerprint density at radius 1 is 1.05 bits per heavy atom. The number of aromatic hydroxyl groups is 1. The van der Waals surface area contributed by atoms with Crippen molar-refractivity contribution < 1.29 is 5.11 Å². The quantitative estimate of drug-likeness (QED) is 0.722. The molecule has 3 aliphatic carbocycles. The fraction of sp³-hybridized carbons (Fsp3) is 0.684. The van der Waals surface area contributed by atoms with E-state index in [2.05, 4.69) is 22.3 Å². The maximum absolute atomic E-state index is 10.4. The molecule has 2 atom stereocenters. The van der Waals surface area contributed by atoms with Crippen LogP contribution < -0.4 is 5.32 Å². The second-order valence-corrected chi connectivity index (χ2v) is 8.53. The van der Waals surface area contributed by atoms with Gasteiger partial charge in [-0.05, 0) is 75.1 Å². The second kappa shape index (κ2) is 3.48. The smallest absolute Gasteiger partial charge is 0.138 e. The Balaban J connectivity index is 1.67. The van der Waals surface area contributed by atoms with Crippen LogP contribution in [0.25, 0.3) is 0 Å². The third-order valence-electron chi connectivity index (χ3n) is 8.17. The van der Waals surface area contributed by atoms with Gasteiger partial charge < -0.3 is 10.4 Å². The number of piperidine rings is 1. The number of phenols is 1. The monoisotopic (exact) mass is 296 g/mol. The summed E-state index contributed by atoms with van der Waals surface area (Å²) in [6, 6.07) is 6.94. The van der Waals surface area contributed by atoms with Crippen molar-refractivity contribution in [3.8, 4) is 5.75 Å². The number of nitrogens with zero attached hydrogens (tertiary/aromatic N) is 1. The molecule has 3 spiro atoms. The third-order valence-corrected chi connectivity index (χ3v) is 8.17. The first-order valence-corrected chi connectivity index (χ1v) is 9.06. The number of rotatable bonds is 0. The van der Waals surface area contributed by atoms with E-state index in [1.54, 1.807) is 0 Å². The highest BCUT2D eigenvalue weighted by atomic mass is 16.3. The first-order valence-electron chi connectivity index (χ1n) is 9.06. The summed E-state index contributed by atoms with van der Waals surface area (Å²) in [6.45, 7) is 2.54. The molecule has 3 aliphatic heterocycles. The molecule has 2 N–H and O–H groups in total. The molecule has 0 radical (unpaired) electrons. The van der Waals surface area contributed by atoms with Crippen LogP contribution in [0.15, 0.2) is 18.2 Å². The standard InChI is InChI=1S/C19H24N2O/c22-14-4-1-3-13-15(14)20-18-8-6-17(7-9-18)5-2-11-21-12-10-19(13,18)16(17)21/h1,3-4,16,20,22H,2,5-12H2/t16-,17?,18?,19+/m0/s1. The Morgan fingerprint density at radius 3 is 2.77 bits per heavy atom. The normalized spacial score (nSPS) is 47.7. The zero-order valence-corrected chi connectivity index (χ0v) is 13.1. The summed E-state index contributed by atoms with van der Waals surface area (Å²) in [5, 5.41) is 14.3. The van der Waals surface area contributed by atoms with Gasteiger partial charge >= 0.3 is 0 Å². The van der Waals surface area contributed by atoms with E-state index in [9.17, 15) is 5.11 Å². The van der Waals surface area contributed by atoms with Gasteiger partial charge in [0.15, 0.2) is 0 Å². The summed E-state index contributed by atoms with van der Waals surface area (Å²) in [5.74, 6) is 0.461. The number of anilines is 1. The molecule has 0 unspecified atom stereocenters. The van der Waals surface area contributed by atoms with Crippen LogP contribution in [0.3, 0.4) is 0 Å². The fourth-order valence-electron chi connectivity index (χ4n) is 7.52. The van der Waals surface area contributed by atoms with E-state index in [0.717, 1.165) is 5.69 Å². The second-order valence-electron chi connectivity index (χ2n) is 8.53. The van der Waals surface area contributed by atoms with Crippen LogP contribution in [0.1, 0.15) is 50.5 Å². The Labute approximate surface area is 131 Å². The van der Waals surface area contributed by atoms with Crippen LogP contribution in [0.4, 0.5) is 5.69 Å². The molecule has 3 heteroatoms. The highest BCUT2D eigenvalue weighted by molar-refractivity contribution is 5.73. The molecule has 3 nitrogen and oxygen atoms in total. The van der Waals surface area contributed by atoms with Crippen LogP contribution in [0, 0.1) is 5.41 Å². The lowest BCUT2D eigenvalue weighted by Gasteiger charge is -2.67. The summed E-state index contributed by atoms with van der Waals surface area (Å²) in [4.78, 5) is 2.82. The molecule has 0 aromatic heterocycles. The summed E-state index contributed by atoms with van der Waals surface area (Å²) in [6.07, 6.45) is 9.47. The number of fused-ring (bicyclic) bond motifs is 3. The SMILES string of the molecule is Oc1cccc2c1NC13CCC4(CCCN5CC[C@]21[C@@H]54)CC3. The number of para-hydroxylation sites is 1. The van der Waals surface area contributed by atoms with Gasteiger partial charge in [0, 0.05) is 17.0 Å². The summed E-state index contributed by atoms with van der Waals surface area (Å²) in [7, 11) is 0. The minimum atomic E-state index is 0.215. The number of benzene rings is 1. The van der Waals surface area contributed by atoms with Crippen LogP contribution >= 0.6 is 0 Å². The van der Waals surface area contributed by atoms with E-state index in [-0.39, 0.29) is 11.0 Å². The lowest BCUT2D eigenvalue weighted by atomic mass is 9.42. The molecule has 0 amide bonds. The van der Waals surface area contributed by atoms with Crippen LogP contribution in [0.5, 0.6) is 5.75 Å². The van der Waals surface area contributed by atoms with Crippen LogP contribution in [0.2, 0.25) is 0 Å². The molecule has 22 heavy (non-hydrogen) atoms. The average Bonchev–Trinajstić information content (AvgIpc) is 3.08. The molecule has 2 saturated heterocycles. The lowest BCUT2D eigenvalue weighted by molar-refractivity contribution is -0.0987. The van der Waals surface area contributed by atoms with Gasteiger partial charge in [-0.1, -0.05) is 12.1 Å². The summed E-state index contributed by atoms with van der Waals surface area (Å²) >= 11 is 0. The maximum Gasteiger partial charge on any atom is 0.138 e. The largest absolute Gasteiger partial charge is 0.506 e. The molecule has 3 saturated carbocycles. The minimum Gasteiger partial charge on any atom is -0.506 e.